The number of hydrogen-bond acceptors (Lipinski definition) is 6. The molecule has 6 nitrogen and oxygen atoms in total. The van der Waals surface area contributed by atoms with Crippen molar-refractivity contribution in [3.8, 4) is 11.5 Å². The average molecular weight is 417 g/mol. The van der Waals surface area contributed by atoms with E-state index >= 15 is 0 Å². The van der Waals surface area contributed by atoms with Crippen molar-refractivity contribution in [3.05, 3.63) is 77.6 Å². The summed E-state index contributed by atoms with van der Waals surface area (Å²) in [7, 11) is 1.57. The lowest BCUT2D eigenvalue weighted by atomic mass is 10.1. The van der Waals surface area contributed by atoms with Gasteiger partial charge in [-0.3, -0.25) is 9.78 Å². The zero-order valence-corrected chi connectivity index (χ0v) is 17.2. The molecule has 0 saturated heterocycles. The largest absolute Gasteiger partial charge is 0.457 e. The molecule has 1 aliphatic rings. The molecule has 0 bridgehead atoms. The van der Waals surface area contributed by atoms with Crippen LogP contribution in [0.2, 0.25) is 0 Å². The van der Waals surface area contributed by atoms with E-state index < -0.39 is 0 Å². The van der Waals surface area contributed by atoms with Gasteiger partial charge in [0.2, 0.25) is 0 Å². The zero-order valence-electron chi connectivity index (χ0n) is 16.4. The minimum absolute atomic E-state index is 0.248. The van der Waals surface area contributed by atoms with E-state index in [9.17, 15) is 4.79 Å². The van der Waals surface area contributed by atoms with E-state index in [1.54, 1.807) is 36.7 Å². The van der Waals surface area contributed by atoms with Crippen LogP contribution in [0.25, 0.3) is 10.2 Å². The molecule has 0 saturated carbocycles. The summed E-state index contributed by atoms with van der Waals surface area (Å²) in [5.74, 6) is 1.01. The number of pyridine rings is 1. The lowest BCUT2D eigenvalue weighted by Gasteiger charge is -2.12. The third-order valence-electron chi connectivity index (χ3n) is 5.22. The number of fused-ring (bicyclic) bond motifs is 2. The van der Waals surface area contributed by atoms with E-state index in [1.807, 2.05) is 18.2 Å². The number of anilines is 1. The van der Waals surface area contributed by atoms with Gasteiger partial charge in [0.05, 0.1) is 16.3 Å². The highest BCUT2D eigenvalue weighted by Crippen LogP contribution is 2.37. The van der Waals surface area contributed by atoms with Gasteiger partial charge in [-0.15, -0.1) is 0 Å². The molecule has 0 aliphatic heterocycles. The number of aryl methyl sites for hydroxylation is 1. The Balaban J connectivity index is 1.35. The van der Waals surface area contributed by atoms with Crippen molar-refractivity contribution >= 4 is 32.6 Å². The van der Waals surface area contributed by atoms with Crippen LogP contribution in [-0.2, 0) is 6.42 Å². The maximum absolute atomic E-state index is 11.8. The smallest absolute Gasteiger partial charge is 0.269 e. The first-order valence-corrected chi connectivity index (χ1v) is 10.6. The molecule has 1 atom stereocenters. The average Bonchev–Trinajstić information content (AvgIpc) is 3.37. The standard InChI is InChI=1S/C23H20N4O2S/c1-24-22(28)20-12-16(10-11-25-20)29-15-7-9-19-21(13-15)30-23(27-19)26-18-8-6-14-4-2-3-5-17(14)18/h2-5,7,9-13,18H,6,8H2,1H3,(H,24,28)(H,26,27)/t18-/m0/s1. The number of amides is 1. The van der Waals surface area contributed by atoms with Crippen molar-refractivity contribution < 1.29 is 9.53 Å². The summed E-state index contributed by atoms with van der Waals surface area (Å²) in [4.78, 5) is 20.6. The van der Waals surface area contributed by atoms with Crippen molar-refractivity contribution in [3.63, 3.8) is 0 Å². The summed E-state index contributed by atoms with van der Waals surface area (Å²) >= 11 is 1.62. The topological polar surface area (TPSA) is 76.1 Å². The Bertz CT molecular complexity index is 1240. The summed E-state index contributed by atoms with van der Waals surface area (Å²) < 4.78 is 6.99. The summed E-state index contributed by atoms with van der Waals surface area (Å²) in [6, 6.07) is 18.1. The molecule has 7 heteroatoms. The quantitative estimate of drug-likeness (QED) is 0.482. The van der Waals surface area contributed by atoms with Crippen LogP contribution < -0.4 is 15.4 Å². The van der Waals surface area contributed by atoms with Crippen LogP contribution in [0, 0.1) is 0 Å². The van der Waals surface area contributed by atoms with Crippen LogP contribution >= 0.6 is 11.3 Å². The van der Waals surface area contributed by atoms with Crippen LogP contribution in [0.1, 0.15) is 34.1 Å². The predicted molar refractivity (Wildman–Crippen MR) is 118 cm³/mol. The van der Waals surface area contributed by atoms with E-state index in [0.29, 0.717) is 23.2 Å². The number of carbonyl (C=O) groups is 1. The summed E-state index contributed by atoms with van der Waals surface area (Å²) in [6.45, 7) is 0. The highest BCUT2D eigenvalue weighted by molar-refractivity contribution is 7.22. The minimum Gasteiger partial charge on any atom is -0.457 e. The Labute approximate surface area is 178 Å². The van der Waals surface area contributed by atoms with Crippen LogP contribution in [0.4, 0.5) is 5.13 Å². The van der Waals surface area contributed by atoms with Crippen molar-refractivity contribution in [2.45, 2.75) is 18.9 Å². The van der Waals surface area contributed by atoms with Crippen LogP contribution in [-0.4, -0.2) is 22.9 Å². The molecular weight excluding hydrogens is 396 g/mol. The van der Waals surface area contributed by atoms with Crippen molar-refractivity contribution in [1.29, 1.82) is 0 Å². The van der Waals surface area contributed by atoms with Gasteiger partial charge >= 0.3 is 0 Å². The van der Waals surface area contributed by atoms with Gasteiger partial charge < -0.3 is 15.4 Å². The molecule has 1 amide bonds. The van der Waals surface area contributed by atoms with E-state index in [2.05, 4.69) is 39.9 Å². The molecule has 2 aromatic heterocycles. The van der Waals surface area contributed by atoms with E-state index in [1.165, 1.54) is 11.1 Å². The normalized spacial score (nSPS) is 15.0. The molecule has 5 rings (SSSR count). The van der Waals surface area contributed by atoms with Gasteiger partial charge in [-0.1, -0.05) is 35.6 Å². The number of nitrogens with zero attached hydrogens (tertiary/aromatic N) is 2. The lowest BCUT2D eigenvalue weighted by Crippen LogP contribution is -2.18. The Morgan fingerprint density at radius 2 is 2.00 bits per heavy atom. The van der Waals surface area contributed by atoms with E-state index in [-0.39, 0.29) is 5.91 Å². The molecule has 150 valence electrons. The first-order chi connectivity index (χ1) is 14.7. The van der Waals surface area contributed by atoms with Gasteiger partial charge in [0.25, 0.3) is 5.91 Å². The molecule has 30 heavy (non-hydrogen) atoms. The van der Waals surface area contributed by atoms with E-state index in [4.69, 9.17) is 9.72 Å². The Morgan fingerprint density at radius 3 is 2.90 bits per heavy atom. The SMILES string of the molecule is CNC(=O)c1cc(Oc2ccc3nc(N[C@H]4CCc5ccccc54)sc3c2)ccn1. The highest BCUT2D eigenvalue weighted by Gasteiger charge is 2.22. The summed E-state index contributed by atoms with van der Waals surface area (Å²) in [5.41, 5.74) is 4.03. The van der Waals surface area contributed by atoms with Gasteiger partial charge in [-0.05, 0) is 42.2 Å². The van der Waals surface area contributed by atoms with Crippen LogP contribution in [0.15, 0.2) is 60.8 Å². The number of nitrogens with one attached hydrogen (secondary N) is 2. The van der Waals surface area contributed by atoms with Crippen LogP contribution in [0.3, 0.4) is 0 Å². The zero-order chi connectivity index (χ0) is 20.5. The van der Waals surface area contributed by atoms with Gasteiger partial charge in [-0.2, -0.15) is 0 Å². The molecule has 4 aromatic rings. The summed E-state index contributed by atoms with van der Waals surface area (Å²) in [6.07, 6.45) is 3.74. The second-order valence-corrected chi connectivity index (χ2v) is 8.17. The molecule has 2 N–H and O–H groups in total. The molecule has 1 aliphatic carbocycles. The lowest BCUT2D eigenvalue weighted by molar-refractivity contribution is 0.0958. The Kier molecular flexibility index (Phi) is 4.80. The minimum atomic E-state index is -0.248. The fourth-order valence-corrected chi connectivity index (χ4v) is 4.70. The van der Waals surface area contributed by atoms with Gasteiger partial charge in [0.1, 0.15) is 17.2 Å². The highest BCUT2D eigenvalue weighted by atomic mass is 32.1. The summed E-state index contributed by atoms with van der Waals surface area (Å²) in [5, 5.41) is 7.07. The fraction of sp³-hybridized carbons (Fsp3) is 0.174. The van der Waals surface area contributed by atoms with Crippen LogP contribution in [0.5, 0.6) is 11.5 Å². The number of ether oxygens (including phenoxy) is 1. The maximum Gasteiger partial charge on any atom is 0.269 e. The molecule has 0 fully saturated rings. The maximum atomic E-state index is 11.8. The number of benzene rings is 2. The molecule has 0 unspecified atom stereocenters. The van der Waals surface area contributed by atoms with Crippen molar-refractivity contribution in [1.82, 2.24) is 15.3 Å². The number of carbonyl (C=O) groups excluding carboxylic acids is 1. The Hall–Kier alpha value is -3.45. The number of aromatic nitrogens is 2. The number of thiazole rings is 1. The molecule has 2 heterocycles. The number of rotatable bonds is 5. The molecule has 0 radical (unpaired) electrons. The predicted octanol–water partition coefficient (Wildman–Crippen LogP) is 4.94. The van der Waals surface area contributed by atoms with E-state index in [0.717, 1.165) is 28.2 Å². The molecular formula is C23H20N4O2S. The molecule has 2 aromatic carbocycles. The third kappa shape index (κ3) is 3.59. The van der Waals surface area contributed by atoms with Gasteiger partial charge in [0, 0.05) is 25.4 Å². The second kappa shape index (κ2) is 7.76. The fourth-order valence-electron chi connectivity index (χ4n) is 3.75. The first-order valence-electron chi connectivity index (χ1n) is 9.80. The second-order valence-electron chi connectivity index (χ2n) is 7.14. The monoisotopic (exact) mass is 416 g/mol. The first kappa shape index (κ1) is 18.6. The van der Waals surface area contributed by atoms with Crippen molar-refractivity contribution in [2.75, 3.05) is 12.4 Å². The molecule has 0 spiro atoms. The Morgan fingerprint density at radius 1 is 1.13 bits per heavy atom. The van der Waals surface area contributed by atoms with Gasteiger partial charge in [-0.25, -0.2) is 4.98 Å². The van der Waals surface area contributed by atoms with Crippen molar-refractivity contribution in [2.24, 2.45) is 0 Å². The third-order valence-corrected chi connectivity index (χ3v) is 6.17. The number of hydrogen-bond donors (Lipinski definition) is 2. The van der Waals surface area contributed by atoms with Gasteiger partial charge in [0.15, 0.2) is 5.13 Å².